The first kappa shape index (κ1) is 25.1. The zero-order chi connectivity index (χ0) is 26.6. The van der Waals surface area contributed by atoms with E-state index >= 15 is 0 Å². The molecule has 0 radical (unpaired) electrons. The van der Waals surface area contributed by atoms with Crippen molar-refractivity contribution in [3.8, 4) is 5.75 Å². The van der Waals surface area contributed by atoms with E-state index in [-0.39, 0.29) is 5.91 Å². The summed E-state index contributed by atoms with van der Waals surface area (Å²) in [6.45, 7) is 3.42. The van der Waals surface area contributed by atoms with E-state index in [2.05, 4.69) is 22.5 Å². The Morgan fingerprint density at radius 1 is 0.974 bits per heavy atom. The molecule has 4 N–H and O–H groups in total. The average molecular weight is 509 g/mol. The smallest absolute Gasteiger partial charge is 0.258 e. The molecule has 194 valence electrons. The number of nitrogens with two attached hydrogens (primary N) is 2. The van der Waals surface area contributed by atoms with E-state index in [1.807, 2.05) is 53.4 Å². The van der Waals surface area contributed by atoms with Crippen LogP contribution in [0.2, 0.25) is 0 Å². The molecule has 0 saturated heterocycles. The first-order valence-corrected chi connectivity index (χ1v) is 12.9. The molecule has 0 atom stereocenters. The van der Waals surface area contributed by atoms with Gasteiger partial charge in [-0.25, -0.2) is 9.97 Å². The van der Waals surface area contributed by atoms with Crippen molar-refractivity contribution >= 4 is 45.0 Å². The van der Waals surface area contributed by atoms with Crippen molar-refractivity contribution in [3.05, 3.63) is 84.2 Å². The lowest BCUT2D eigenvalue weighted by Crippen LogP contribution is -2.32. The Bertz CT molecular complexity index is 1600. The van der Waals surface area contributed by atoms with Crippen molar-refractivity contribution in [2.24, 2.45) is 0 Å². The van der Waals surface area contributed by atoms with Crippen LogP contribution in [0.1, 0.15) is 35.9 Å². The fraction of sp³-hybridized carbons (Fsp3) is 0.233. The Kier molecular flexibility index (Phi) is 7.13. The predicted octanol–water partition coefficient (Wildman–Crippen LogP) is 5.45. The highest BCUT2D eigenvalue weighted by Crippen LogP contribution is 2.30. The number of methoxy groups -OCH3 is 1. The van der Waals surface area contributed by atoms with E-state index < -0.39 is 0 Å². The molecule has 38 heavy (non-hydrogen) atoms. The van der Waals surface area contributed by atoms with Gasteiger partial charge in [-0.05, 0) is 49.2 Å². The summed E-state index contributed by atoms with van der Waals surface area (Å²) in [7, 11) is 1.55. The number of aromatic nitrogens is 3. The molecule has 0 saturated carbocycles. The summed E-state index contributed by atoms with van der Waals surface area (Å²) in [5.74, 6) is 1.83. The molecule has 8 nitrogen and oxygen atoms in total. The molecule has 5 rings (SSSR count). The van der Waals surface area contributed by atoms with Crippen LogP contribution in [0, 0.1) is 0 Å². The number of unbranched alkanes of at least 4 members (excludes halogenated alkanes) is 1. The summed E-state index contributed by atoms with van der Waals surface area (Å²) in [4.78, 5) is 24.8. The molecule has 0 unspecified atom stereocenters. The molecule has 2 heterocycles. The number of nitrogens with zero attached hydrogens (tertiary/aromatic N) is 4. The highest BCUT2D eigenvalue weighted by molar-refractivity contribution is 6.07. The number of nitrogen functional groups attached to an aromatic ring is 2. The number of hydrogen-bond acceptors (Lipinski definition) is 6. The van der Waals surface area contributed by atoms with E-state index in [0.717, 1.165) is 59.3 Å². The van der Waals surface area contributed by atoms with Crippen LogP contribution in [0.25, 0.3) is 21.9 Å². The quantitative estimate of drug-likeness (QED) is 0.202. The van der Waals surface area contributed by atoms with Crippen LogP contribution in [0.5, 0.6) is 5.75 Å². The van der Waals surface area contributed by atoms with Gasteiger partial charge < -0.3 is 25.7 Å². The Hall–Kier alpha value is -4.59. The Morgan fingerprint density at radius 2 is 1.74 bits per heavy atom. The van der Waals surface area contributed by atoms with Crippen molar-refractivity contribution in [1.29, 1.82) is 0 Å². The normalized spacial score (nSPS) is 11.2. The lowest BCUT2D eigenvalue weighted by atomic mass is 10.1. The number of carbonyl (C=O) groups is 1. The molecule has 0 aliphatic carbocycles. The summed E-state index contributed by atoms with van der Waals surface area (Å²) >= 11 is 0. The number of ether oxygens (including phenoxy) is 1. The predicted molar refractivity (Wildman–Crippen MR) is 154 cm³/mol. The minimum Gasteiger partial charge on any atom is -0.495 e. The Labute approximate surface area is 221 Å². The van der Waals surface area contributed by atoms with Crippen molar-refractivity contribution < 1.29 is 9.53 Å². The van der Waals surface area contributed by atoms with Crippen molar-refractivity contribution in [1.82, 2.24) is 14.5 Å². The molecular formula is C30H32N6O2. The maximum absolute atomic E-state index is 13.6. The summed E-state index contributed by atoms with van der Waals surface area (Å²) in [5.41, 5.74) is 16.8. The third kappa shape index (κ3) is 4.72. The molecule has 0 aliphatic rings. The van der Waals surface area contributed by atoms with Gasteiger partial charge in [0.15, 0.2) is 5.82 Å². The van der Waals surface area contributed by atoms with Gasteiger partial charge in [0.25, 0.3) is 5.91 Å². The minimum absolute atomic E-state index is 0.0957. The number of amides is 1. The molecule has 0 spiro atoms. The SMILES string of the molecule is CCc1nc2c(N)nc3ccccc3c2n1CCCCN(C(=O)c1ccc(N)c(OC)c1)c1ccccc1. The lowest BCUT2D eigenvalue weighted by molar-refractivity contribution is 0.0986. The zero-order valence-corrected chi connectivity index (χ0v) is 21.7. The van der Waals surface area contributed by atoms with Gasteiger partial charge in [-0.15, -0.1) is 0 Å². The molecule has 2 aromatic heterocycles. The average Bonchev–Trinajstić information content (AvgIpc) is 3.33. The van der Waals surface area contributed by atoms with Gasteiger partial charge in [-0.3, -0.25) is 4.79 Å². The van der Waals surface area contributed by atoms with Gasteiger partial charge in [0.2, 0.25) is 0 Å². The van der Waals surface area contributed by atoms with Gasteiger partial charge in [0, 0.05) is 36.1 Å². The van der Waals surface area contributed by atoms with Gasteiger partial charge in [-0.1, -0.05) is 43.3 Å². The molecular weight excluding hydrogens is 476 g/mol. The van der Waals surface area contributed by atoms with E-state index in [1.54, 1.807) is 25.3 Å². The number of carbonyl (C=O) groups excluding carboxylic acids is 1. The van der Waals surface area contributed by atoms with E-state index in [1.165, 1.54) is 0 Å². The summed E-state index contributed by atoms with van der Waals surface area (Å²) in [5, 5.41) is 1.04. The molecule has 5 aromatic rings. The molecule has 0 aliphatic heterocycles. The number of pyridine rings is 1. The standard InChI is InChI=1S/C30H32N6O2/c1-3-26-34-27-28(22-13-7-8-14-24(22)33-29(27)32)36(26)18-10-9-17-35(21-11-5-4-6-12-21)30(37)20-15-16-23(31)25(19-20)38-2/h4-8,11-16,19H,3,9-10,17-18,31H2,1-2H3,(H2,32,33). The van der Waals surface area contributed by atoms with Crippen LogP contribution in [0.15, 0.2) is 72.8 Å². The Morgan fingerprint density at radius 3 is 2.50 bits per heavy atom. The number of aryl methyl sites for hydroxylation is 2. The number of anilines is 3. The van der Waals surface area contributed by atoms with E-state index in [9.17, 15) is 4.79 Å². The van der Waals surface area contributed by atoms with Gasteiger partial charge in [0.05, 0.1) is 23.8 Å². The van der Waals surface area contributed by atoms with Gasteiger partial charge in [0.1, 0.15) is 17.1 Å². The largest absolute Gasteiger partial charge is 0.495 e. The number of hydrogen-bond donors (Lipinski definition) is 2. The summed E-state index contributed by atoms with van der Waals surface area (Å²) in [6, 6.07) is 22.9. The second-order valence-corrected chi connectivity index (χ2v) is 9.20. The van der Waals surface area contributed by atoms with Crippen LogP contribution in [0.3, 0.4) is 0 Å². The Balaban J connectivity index is 1.39. The fourth-order valence-electron chi connectivity index (χ4n) is 4.91. The topological polar surface area (TPSA) is 112 Å². The molecule has 8 heteroatoms. The maximum Gasteiger partial charge on any atom is 0.258 e. The number of para-hydroxylation sites is 2. The van der Waals surface area contributed by atoms with Crippen molar-refractivity contribution in [3.63, 3.8) is 0 Å². The van der Waals surface area contributed by atoms with Crippen LogP contribution in [-0.2, 0) is 13.0 Å². The molecule has 3 aromatic carbocycles. The molecule has 1 amide bonds. The summed E-state index contributed by atoms with van der Waals surface area (Å²) < 4.78 is 7.60. The van der Waals surface area contributed by atoms with Crippen molar-refractivity contribution in [2.45, 2.75) is 32.7 Å². The number of fused-ring (bicyclic) bond motifs is 3. The van der Waals surface area contributed by atoms with Crippen molar-refractivity contribution in [2.75, 3.05) is 30.0 Å². The second-order valence-electron chi connectivity index (χ2n) is 9.20. The highest BCUT2D eigenvalue weighted by atomic mass is 16.5. The first-order chi connectivity index (χ1) is 18.5. The fourth-order valence-corrected chi connectivity index (χ4v) is 4.91. The van der Waals surface area contributed by atoms with Crippen LogP contribution in [-0.4, -0.2) is 34.1 Å². The van der Waals surface area contributed by atoms with E-state index in [4.69, 9.17) is 21.2 Å². The number of imidazole rings is 1. The van der Waals surface area contributed by atoms with Crippen LogP contribution in [0.4, 0.5) is 17.2 Å². The third-order valence-corrected chi connectivity index (χ3v) is 6.81. The van der Waals surface area contributed by atoms with E-state index in [0.29, 0.717) is 29.4 Å². The van der Waals surface area contributed by atoms with Gasteiger partial charge >= 0.3 is 0 Å². The minimum atomic E-state index is -0.0957. The third-order valence-electron chi connectivity index (χ3n) is 6.81. The number of benzene rings is 3. The monoisotopic (exact) mass is 508 g/mol. The van der Waals surface area contributed by atoms with Gasteiger partial charge in [-0.2, -0.15) is 0 Å². The lowest BCUT2D eigenvalue weighted by Gasteiger charge is -2.23. The second kappa shape index (κ2) is 10.8. The first-order valence-electron chi connectivity index (χ1n) is 12.9. The van der Waals surface area contributed by atoms with Crippen LogP contribution < -0.4 is 21.1 Å². The maximum atomic E-state index is 13.6. The molecule has 0 fully saturated rings. The highest BCUT2D eigenvalue weighted by Gasteiger charge is 2.20. The summed E-state index contributed by atoms with van der Waals surface area (Å²) in [6.07, 6.45) is 2.45. The number of rotatable bonds is 9. The van der Waals surface area contributed by atoms with Crippen LogP contribution >= 0.6 is 0 Å². The zero-order valence-electron chi connectivity index (χ0n) is 21.7. The molecule has 0 bridgehead atoms.